The van der Waals surface area contributed by atoms with Crippen LogP contribution in [0, 0.1) is 5.92 Å². The molecule has 0 atom stereocenters. The molecule has 0 aliphatic carbocycles. The largest absolute Gasteiger partial charge is 0.469 e. The number of fused-ring (bicyclic) bond motifs is 1. The van der Waals surface area contributed by atoms with Crippen molar-refractivity contribution in [3.05, 3.63) is 23.8 Å². The van der Waals surface area contributed by atoms with Gasteiger partial charge in [0.05, 0.1) is 17.9 Å². The lowest BCUT2D eigenvalue weighted by Gasteiger charge is -2.30. The number of amides is 1. The molecule has 2 aliphatic rings. The van der Waals surface area contributed by atoms with Crippen molar-refractivity contribution >= 4 is 27.6 Å². The summed E-state index contributed by atoms with van der Waals surface area (Å²) in [7, 11) is -2.26. The molecule has 142 valence electrons. The molecule has 0 unspecified atom stereocenters. The smallest absolute Gasteiger partial charge is 0.308 e. The predicted molar refractivity (Wildman–Crippen MR) is 96.3 cm³/mol. The van der Waals surface area contributed by atoms with Gasteiger partial charge in [-0.2, -0.15) is 4.31 Å². The van der Waals surface area contributed by atoms with Crippen molar-refractivity contribution in [1.29, 1.82) is 0 Å². The van der Waals surface area contributed by atoms with Crippen molar-refractivity contribution in [2.75, 3.05) is 31.6 Å². The van der Waals surface area contributed by atoms with Gasteiger partial charge < -0.3 is 9.64 Å². The van der Waals surface area contributed by atoms with Crippen LogP contribution in [0.3, 0.4) is 0 Å². The molecule has 2 aliphatic heterocycles. The zero-order valence-electron chi connectivity index (χ0n) is 15.1. The summed E-state index contributed by atoms with van der Waals surface area (Å²) in [6, 6.07) is 4.98. The van der Waals surface area contributed by atoms with E-state index in [2.05, 4.69) is 0 Å². The maximum atomic E-state index is 12.9. The van der Waals surface area contributed by atoms with Gasteiger partial charge in [0.25, 0.3) is 0 Å². The number of rotatable bonds is 4. The van der Waals surface area contributed by atoms with Gasteiger partial charge in [-0.05, 0) is 43.0 Å². The average molecular weight is 380 g/mol. The van der Waals surface area contributed by atoms with E-state index in [0.29, 0.717) is 45.3 Å². The summed E-state index contributed by atoms with van der Waals surface area (Å²) in [6.45, 7) is 3.02. The second-order valence-corrected chi connectivity index (χ2v) is 8.58. The summed E-state index contributed by atoms with van der Waals surface area (Å²) in [5.41, 5.74) is 1.69. The van der Waals surface area contributed by atoms with Gasteiger partial charge in [-0.25, -0.2) is 8.42 Å². The highest BCUT2D eigenvalue weighted by Crippen LogP contribution is 2.32. The van der Waals surface area contributed by atoms with Crippen molar-refractivity contribution in [1.82, 2.24) is 4.31 Å². The van der Waals surface area contributed by atoms with Crippen LogP contribution in [0.2, 0.25) is 0 Å². The van der Waals surface area contributed by atoms with E-state index in [1.165, 1.54) is 11.4 Å². The highest BCUT2D eigenvalue weighted by molar-refractivity contribution is 7.89. The minimum Gasteiger partial charge on any atom is -0.469 e. The van der Waals surface area contributed by atoms with E-state index < -0.39 is 10.0 Å². The summed E-state index contributed by atoms with van der Waals surface area (Å²) < 4.78 is 32.0. The molecule has 1 saturated heterocycles. The van der Waals surface area contributed by atoms with Crippen molar-refractivity contribution in [2.45, 2.75) is 37.5 Å². The summed E-state index contributed by atoms with van der Waals surface area (Å²) in [5, 5.41) is 0. The Hall–Kier alpha value is -1.93. The molecule has 8 heteroatoms. The topological polar surface area (TPSA) is 84.0 Å². The molecule has 0 saturated carbocycles. The van der Waals surface area contributed by atoms with Gasteiger partial charge >= 0.3 is 5.97 Å². The summed E-state index contributed by atoms with van der Waals surface area (Å²) in [4.78, 5) is 25.6. The summed E-state index contributed by atoms with van der Waals surface area (Å²) in [6.07, 6.45) is 2.02. The first kappa shape index (κ1) is 18.8. The van der Waals surface area contributed by atoms with Gasteiger partial charge in [-0.15, -0.1) is 0 Å². The number of carbonyl (C=O) groups is 2. The third-order valence-electron chi connectivity index (χ3n) is 5.18. The molecule has 1 fully saturated rings. The third kappa shape index (κ3) is 3.35. The molecule has 1 aromatic rings. The first-order valence-corrected chi connectivity index (χ1v) is 10.3. The van der Waals surface area contributed by atoms with E-state index in [-0.39, 0.29) is 22.7 Å². The van der Waals surface area contributed by atoms with Crippen LogP contribution >= 0.6 is 0 Å². The molecule has 0 spiro atoms. The molecule has 0 bridgehead atoms. The molecule has 1 aromatic carbocycles. The minimum atomic E-state index is -3.60. The maximum Gasteiger partial charge on any atom is 0.308 e. The first-order chi connectivity index (χ1) is 12.4. The van der Waals surface area contributed by atoms with E-state index in [1.54, 1.807) is 23.1 Å². The van der Waals surface area contributed by atoms with Crippen LogP contribution in [0.1, 0.15) is 31.7 Å². The third-order valence-corrected chi connectivity index (χ3v) is 7.07. The van der Waals surface area contributed by atoms with Crippen LogP contribution in [-0.2, 0) is 30.8 Å². The Kier molecular flexibility index (Phi) is 5.34. The number of hydrogen-bond acceptors (Lipinski definition) is 5. The molecule has 0 N–H and O–H groups in total. The lowest BCUT2D eigenvalue weighted by molar-refractivity contribution is -0.146. The van der Waals surface area contributed by atoms with Crippen molar-refractivity contribution in [3.8, 4) is 0 Å². The van der Waals surface area contributed by atoms with Gasteiger partial charge in [-0.1, -0.05) is 6.92 Å². The van der Waals surface area contributed by atoms with Gasteiger partial charge in [0.1, 0.15) is 0 Å². The second kappa shape index (κ2) is 7.36. The molecule has 0 radical (unpaired) electrons. The van der Waals surface area contributed by atoms with Crippen LogP contribution < -0.4 is 4.90 Å². The fourth-order valence-electron chi connectivity index (χ4n) is 3.64. The summed E-state index contributed by atoms with van der Waals surface area (Å²) >= 11 is 0. The zero-order chi connectivity index (χ0) is 18.9. The normalized spacial score (nSPS) is 18.6. The molecule has 3 rings (SSSR count). The molecular weight excluding hydrogens is 356 g/mol. The highest BCUT2D eigenvalue weighted by atomic mass is 32.2. The van der Waals surface area contributed by atoms with E-state index >= 15 is 0 Å². The summed E-state index contributed by atoms with van der Waals surface area (Å²) in [5.74, 6) is -0.468. The van der Waals surface area contributed by atoms with Crippen LogP contribution in [0.5, 0.6) is 0 Å². The zero-order valence-corrected chi connectivity index (χ0v) is 15.9. The van der Waals surface area contributed by atoms with Gasteiger partial charge in [0, 0.05) is 31.7 Å². The van der Waals surface area contributed by atoms with Crippen LogP contribution in [0.4, 0.5) is 5.69 Å². The minimum absolute atomic E-state index is 0.0456. The number of methoxy groups -OCH3 is 1. The number of hydrogen-bond donors (Lipinski definition) is 0. The molecule has 0 aromatic heterocycles. The highest BCUT2D eigenvalue weighted by Gasteiger charge is 2.33. The van der Waals surface area contributed by atoms with Crippen LogP contribution in [-0.4, -0.2) is 51.3 Å². The van der Waals surface area contributed by atoms with E-state index in [0.717, 1.165) is 11.3 Å². The molecular formula is C18H24N2O5S. The monoisotopic (exact) mass is 380 g/mol. The number of anilines is 1. The van der Waals surface area contributed by atoms with Crippen molar-refractivity contribution < 1.29 is 22.7 Å². The molecule has 1 amide bonds. The van der Waals surface area contributed by atoms with Gasteiger partial charge in [0.2, 0.25) is 15.9 Å². The molecule has 7 nitrogen and oxygen atoms in total. The van der Waals surface area contributed by atoms with Crippen LogP contribution in [0.15, 0.2) is 23.1 Å². The van der Waals surface area contributed by atoms with Crippen molar-refractivity contribution in [3.63, 3.8) is 0 Å². The van der Waals surface area contributed by atoms with Crippen LogP contribution in [0.25, 0.3) is 0 Å². The number of sulfonamides is 1. The number of carbonyl (C=O) groups excluding carboxylic acids is 2. The Morgan fingerprint density at radius 3 is 2.50 bits per heavy atom. The number of nitrogens with zero attached hydrogens (tertiary/aromatic N) is 2. The van der Waals surface area contributed by atoms with Crippen molar-refractivity contribution in [2.24, 2.45) is 5.92 Å². The maximum absolute atomic E-state index is 12.9. The Morgan fingerprint density at radius 1 is 1.19 bits per heavy atom. The number of piperidine rings is 1. The Balaban J connectivity index is 1.77. The quantitative estimate of drug-likeness (QED) is 0.740. The predicted octanol–water partition coefficient (Wildman–Crippen LogP) is 1.56. The number of esters is 1. The standard InChI is InChI=1S/C18H24N2O5S/c1-3-17(21)20-11-8-14-12-15(4-5-16(14)20)26(23,24)19-9-6-13(7-10-19)18(22)25-2/h4-5,12-13H,3,6-11H2,1-2H3. The fourth-order valence-corrected chi connectivity index (χ4v) is 5.16. The second-order valence-electron chi connectivity index (χ2n) is 6.64. The van der Waals surface area contributed by atoms with E-state index in [9.17, 15) is 18.0 Å². The van der Waals surface area contributed by atoms with E-state index in [4.69, 9.17) is 4.74 Å². The SMILES string of the molecule is CCC(=O)N1CCc2cc(S(=O)(=O)N3CCC(C(=O)OC)CC3)ccc21. The Labute approximate surface area is 154 Å². The van der Waals surface area contributed by atoms with Gasteiger partial charge in [-0.3, -0.25) is 9.59 Å². The Morgan fingerprint density at radius 2 is 1.88 bits per heavy atom. The lowest BCUT2D eigenvalue weighted by Crippen LogP contribution is -2.40. The first-order valence-electron chi connectivity index (χ1n) is 8.89. The molecule has 2 heterocycles. The lowest BCUT2D eigenvalue weighted by atomic mass is 9.99. The average Bonchev–Trinajstić information content (AvgIpc) is 3.10. The van der Waals surface area contributed by atoms with E-state index in [1.807, 2.05) is 6.92 Å². The number of benzene rings is 1. The van der Waals surface area contributed by atoms with Gasteiger partial charge in [0.15, 0.2) is 0 Å². The Bertz CT molecular complexity index is 813. The molecule has 26 heavy (non-hydrogen) atoms. The fraction of sp³-hybridized carbons (Fsp3) is 0.556. The number of ether oxygens (including phenoxy) is 1.